The highest BCUT2D eigenvalue weighted by atomic mass is 32.1. The molecule has 1 aromatic heterocycles. The summed E-state index contributed by atoms with van der Waals surface area (Å²) in [5.41, 5.74) is 6.43. The zero-order valence-corrected chi connectivity index (χ0v) is 11.6. The first-order chi connectivity index (χ1) is 8.63. The number of carbonyl (C=O) groups is 1. The summed E-state index contributed by atoms with van der Waals surface area (Å²) < 4.78 is 0. The molecule has 0 saturated carbocycles. The third kappa shape index (κ3) is 2.58. The van der Waals surface area contributed by atoms with Crippen molar-refractivity contribution in [1.82, 2.24) is 4.90 Å². The lowest BCUT2D eigenvalue weighted by atomic mass is 10.2. The van der Waals surface area contributed by atoms with Crippen molar-refractivity contribution in [2.45, 2.75) is 32.7 Å². The van der Waals surface area contributed by atoms with Crippen molar-refractivity contribution in [3.63, 3.8) is 0 Å². The summed E-state index contributed by atoms with van der Waals surface area (Å²) in [5, 5.41) is 0. The van der Waals surface area contributed by atoms with E-state index in [1.165, 1.54) is 11.3 Å². The molecule has 1 saturated heterocycles. The van der Waals surface area contributed by atoms with Gasteiger partial charge in [0.05, 0.1) is 16.3 Å². The first-order valence-electron chi connectivity index (χ1n) is 6.24. The zero-order valence-electron chi connectivity index (χ0n) is 10.8. The van der Waals surface area contributed by atoms with Crippen LogP contribution in [0.3, 0.4) is 0 Å². The highest BCUT2D eigenvalue weighted by molar-refractivity contribution is 7.14. The van der Waals surface area contributed by atoms with Gasteiger partial charge >= 0.3 is 0 Å². The van der Waals surface area contributed by atoms with Gasteiger partial charge in [-0.05, 0) is 38.3 Å². The molecule has 0 aromatic carbocycles. The topological polar surface area (TPSA) is 46.3 Å². The molecule has 0 spiro atoms. The minimum atomic E-state index is 0.147. The fourth-order valence-electron chi connectivity index (χ4n) is 2.22. The van der Waals surface area contributed by atoms with Gasteiger partial charge in [0, 0.05) is 12.6 Å². The molecule has 96 valence electrons. The van der Waals surface area contributed by atoms with Crippen molar-refractivity contribution in [2.24, 2.45) is 5.73 Å². The van der Waals surface area contributed by atoms with E-state index in [9.17, 15) is 4.79 Å². The lowest BCUT2D eigenvalue weighted by molar-refractivity contribution is 0.0752. The molecule has 2 N–H and O–H groups in total. The quantitative estimate of drug-likeness (QED) is 0.787. The molecule has 1 amide bonds. The Labute approximate surface area is 112 Å². The lowest BCUT2D eigenvalue weighted by Gasteiger charge is -2.20. The number of likely N-dealkylation sites (tertiary alicyclic amines) is 1. The average Bonchev–Trinajstić information content (AvgIpc) is 2.92. The van der Waals surface area contributed by atoms with Crippen LogP contribution in [-0.4, -0.2) is 29.9 Å². The van der Waals surface area contributed by atoms with E-state index in [2.05, 4.69) is 18.8 Å². The van der Waals surface area contributed by atoms with E-state index in [0.29, 0.717) is 12.6 Å². The van der Waals surface area contributed by atoms with Gasteiger partial charge in [-0.2, -0.15) is 0 Å². The van der Waals surface area contributed by atoms with Crippen LogP contribution >= 0.6 is 11.3 Å². The van der Waals surface area contributed by atoms with Gasteiger partial charge in [-0.1, -0.05) is 11.8 Å². The Morgan fingerprint density at radius 2 is 2.44 bits per heavy atom. The van der Waals surface area contributed by atoms with Crippen LogP contribution in [0.25, 0.3) is 0 Å². The number of thiophene rings is 1. The maximum Gasteiger partial charge on any atom is 0.264 e. The molecule has 1 atom stereocenters. The van der Waals surface area contributed by atoms with Crippen LogP contribution in [0.2, 0.25) is 0 Å². The Kier molecular flexibility index (Phi) is 4.05. The van der Waals surface area contributed by atoms with Crippen LogP contribution < -0.4 is 5.73 Å². The molecule has 2 rings (SSSR count). The average molecular weight is 262 g/mol. The Hall–Kier alpha value is -1.31. The van der Waals surface area contributed by atoms with E-state index < -0.39 is 0 Å². The summed E-state index contributed by atoms with van der Waals surface area (Å²) in [6, 6.07) is 2.30. The maximum absolute atomic E-state index is 12.4. The van der Waals surface area contributed by atoms with Gasteiger partial charge in [0.15, 0.2) is 0 Å². The molecule has 1 aliphatic heterocycles. The van der Waals surface area contributed by atoms with Crippen LogP contribution in [0.15, 0.2) is 6.07 Å². The third-order valence-electron chi connectivity index (χ3n) is 3.25. The fraction of sp³-hybridized carbons (Fsp3) is 0.500. The van der Waals surface area contributed by atoms with Crippen LogP contribution in [0.4, 0.5) is 0 Å². The molecule has 1 unspecified atom stereocenters. The molecule has 3 nitrogen and oxygen atoms in total. The monoisotopic (exact) mass is 262 g/mol. The number of nitrogens with two attached hydrogens (primary N) is 1. The smallest absolute Gasteiger partial charge is 0.264 e. The van der Waals surface area contributed by atoms with Crippen LogP contribution in [0.1, 0.15) is 39.9 Å². The molecule has 1 aromatic rings. The predicted octanol–water partition coefficient (Wildman–Crippen LogP) is 1.99. The number of hydrogen-bond acceptors (Lipinski definition) is 3. The van der Waals surface area contributed by atoms with E-state index >= 15 is 0 Å². The number of carbonyl (C=O) groups excluding carboxylic acids is 1. The van der Waals surface area contributed by atoms with Gasteiger partial charge in [-0.15, -0.1) is 11.3 Å². The van der Waals surface area contributed by atoms with E-state index in [-0.39, 0.29) is 5.91 Å². The second kappa shape index (κ2) is 5.55. The lowest BCUT2D eigenvalue weighted by Crippen LogP contribution is -2.33. The van der Waals surface area contributed by atoms with E-state index in [1.54, 1.807) is 0 Å². The summed E-state index contributed by atoms with van der Waals surface area (Å²) in [6.45, 7) is 5.33. The molecule has 0 radical (unpaired) electrons. The molecular formula is C14H18N2OS. The maximum atomic E-state index is 12.4. The first-order valence-corrected chi connectivity index (χ1v) is 7.05. The minimum absolute atomic E-state index is 0.147. The first kappa shape index (κ1) is 13.1. The fourth-order valence-corrected chi connectivity index (χ4v) is 3.22. The van der Waals surface area contributed by atoms with E-state index in [4.69, 9.17) is 5.73 Å². The molecule has 18 heavy (non-hydrogen) atoms. The highest BCUT2D eigenvalue weighted by Gasteiger charge is 2.27. The van der Waals surface area contributed by atoms with Crippen LogP contribution in [0.5, 0.6) is 0 Å². The second-order valence-corrected chi connectivity index (χ2v) is 5.67. The normalized spacial score (nSPS) is 18.6. The SMILES string of the molecule is Cc1cc(C(=O)N2CCCC2C)sc1C#CCN. The van der Waals surface area contributed by atoms with E-state index in [1.807, 2.05) is 17.9 Å². The molecule has 1 aliphatic rings. The van der Waals surface area contributed by atoms with Crippen molar-refractivity contribution < 1.29 is 4.79 Å². The van der Waals surface area contributed by atoms with Crippen molar-refractivity contribution in [2.75, 3.05) is 13.1 Å². The molecule has 2 heterocycles. The number of amides is 1. The predicted molar refractivity (Wildman–Crippen MR) is 74.7 cm³/mol. The minimum Gasteiger partial charge on any atom is -0.335 e. The van der Waals surface area contributed by atoms with Crippen molar-refractivity contribution >= 4 is 17.2 Å². The summed E-state index contributed by atoms with van der Waals surface area (Å²) in [4.78, 5) is 16.1. The largest absolute Gasteiger partial charge is 0.335 e. The van der Waals surface area contributed by atoms with Gasteiger partial charge in [0.2, 0.25) is 0 Å². The number of aryl methyl sites for hydroxylation is 1. The van der Waals surface area contributed by atoms with Gasteiger partial charge in [0.1, 0.15) is 0 Å². The zero-order chi connectivity index (χ0) is 13.1. The third-order valence-corrected chi connectivity index (χ3v) is 4.39. The summed E-state index contributed by atoms with van der Waals surface area (Å²) >= 11 is 1.48. The highest BCUT2D eigenvalue weighted by Crippen LogP contribution is 2.26. The summed E-state index contributed by atoms with van der Waals surface area (Å²) in [5.74, 6) is 6.01. The summed E-state index contributed by atoms with van der Waals surface area (Å²) in [7, 11) is 0. The summed E-state index contributed by atoms with van der Waals surface area (Å²) in [6.07, 6.45) is 2.22. The standard InChI is InChI=1S/C14H18N2OS/c1-10-9-13(18-12(10)6-3-7-15)14(17)16-8-4-5-11(16)2/h9,11H,4-5,7-8,15H2,1-2H3. The van der Waals surface area contributed by atoms with E-state index in [0.717, 1.165) is 34.7 Å². The Morgan fingerprint density at radius 1 is 1.67 bits per heavy atom. The van der Waals surface area contributed by atoms with Gasteiger partial charge in [-0.25, -0.2) is 0 Å². The number of rotatable bonds is 1. The van der Waals surface area contributed by atoms with Gasteiger partial charge < -0.3 is 10.6 Å². The Bertz CT molecular complexity index is 510. The molecule has 0 bridgehead atoms. The molecule has 4 heteroatoms. The van der Waals surface area contributed by atoms with Crippen LogP contribution in [-0.2, 0) is 0 Å². The van der Waals surface area contributed by atoms with Crippen molar-refractivity contribution in [1.29, 1.82) is 0 Å². The number of nitrogens with zero attached hydrogens (tertiary/aromatic N) is 1. The molecular weight excluding hydrogens is 244 g/mol. The number of hydrogen-bond donors (Lipinski definition) is 1. The van der Waals surface area contributed by atoms with Crippen LogP contribution in [0, 0.1) is 18.8 Å². The molecule has 1 fully saturated rings. The Morgan fingerprint density at radius 3 is 3.06 bits per heavy atom. The molecule has 0 aliphatic carbocycles. The Balaban J connectivity index is 2.21. The van der Waals surface area contributed by atoms with Crippen molar-refractivity contribution in [3.05, 3.63) is 21.4 Å². The second-order valence-electron chi connectivity index (χ2n) is 4.62. The van der Waals surface area contributed by atoms with Gasteiger partial charge in [-0.3, -0.25) is 4.79 Å². The van der Waals surface area contributed by atoms with Gasteiger partial charge in [0.25, 0.3) is 5.91 Å². The van der Waals surface area contributed by atoms with Crippen molar-refractivity contribution in [3.8, 4) is 11.8 Å².